The Morgan fingerprint density at radius 2 is 1.48 bits per heavy atom. The zero-order chi connectivity index (χ0) is 15.6. The van der Waals surface area contributed by atoms with Gasteiger partial charge in [0, 0.05) is 24.6 Å². The van der Waals surface area contributed by atoms with Gasteiger partial charge in [-0.15, -0.1) is 0 Å². The third-order valence-corrected chi connectivity index (χ3v) is 3.35. The molecule has 0 spiro atoms. The van der Waals surface area contributed by atoms with Gasteiger partial charge in [0.2, 0.25) is 0 Å². The average Bonchev–Trinajstić information content (AvgIpc) is 3.25. The minimum Gasteiger partial charge on any atom is -0.384 e. The standard InChI is InChI=1S/C15H16NO.C5H5.Fe/c1-12-6-2-5-9-14(12)16-11-10-15(17)13-7-3-4-8-13;1-2-4-5-3-1;/h2-9,16H,10-11H2,1H3;1-5H;/q;;+2. The second kappa shape index (κ2) is 11.7. The maximum Gasteiger partial charge on any atom is 2.00 e. The van der Waals surface area contributed by atoms with Crippen LogP contribution in [-0.2, 0) is 21.9 Å². The van der Waals surface area contributed by atoms with Gasteiger partial charge in [0.1, 0.15) is 5.78 Å². The first-order valence-electron chi connectivity index (χ1n) is 7.48. The van der Waals surface area contributed by atoms with Gasteiger partial charge < -0.3 is 5.32 Å². The van der Waals surface area contributed by atoms with Gasteiger partial charge in [-0.25, -0.2) is 0 Å². The van der Waals surface area contributed by atoms with Crippen molar-refractivity contribution in [3.05, 3.63) is 93.5 Å². The van der Waals surface area contributed by atoms with E-state index in [1.807, 2.05) is 76.0 Å². The maximum absolute atomic E-state index is 11.7. The molecule has 2 aliphatic rings. The van der Waals surface area contributed by atoms with Crippen molar-refractivity contribution in [1.29, 1.82) is 0 Å². The third-order valence-electron chi connectivity index (χ3n) is 3.35. The molecule has 0 unspecified atom stereocenters. The van der Waals surface area contributed by atoms with Crippen LogP contribution in [0.1, 0.15) is 12.0 Å². The molecule has 118 valence electrons. The molecule has 10 radical (unpaired) electrons. The fourth-order valence-corrected chi connectivity index (χ4v) is 2.11. The fraction of sp³-hybridized carbons (Fsp3) is 0.150. The smallest absolute Gasteiger partial charge is 0.384 e. The van der Waals surface area contributed by atoms with Crippen LogP contribution in [0.2, 0.25) is 0 Å². The second-order valence-corrected chi connectivity index (χ2v) is 5.05. The minimum atomic E-state index is 0. The number of Topliss-reactive ketones (excluding diaryl/α,β-unsaturated/α-hetero) is 1. The van der Waals surface area contributed by atoms with Crippen LogP contribution in [0.15, 0.2) is 24.3 Å². The first-order chi connectivity index (χ1) is 10.8. The summed E-state index contributed by atoms with van der Waals surface area (Å²) in [4.78, 5) is 11.7. The average molecular weight is 347 g/mol. The van der Waals surface area contributed by atoms with Crippen molar-refractivity contribution in [1.82, 2.24) is 0 Å². The van der Waals surface area contributed by atoms with Crippen molar-refractivity contribution in [2.45, 2.75) is 13.3 Å². The van der Waals surface area contributed by atoms with E-state index in [0.29, 0.717) is 13.0 Å². The fourth-order valence-electron chi connectivity index (χ4n) is 2.11. The molecule has 1 N–H and O–H groups in total. The van der Waals surface area contributed by atoms with Crippen LogP contribution < -0.4 is 5.32 Å². The van der Waals surface area contributed by atoms with E-state index in [0.717, 1.165) is 11.6 Å². The molecule has 0 saturated heterocycles. The van der Waals surface area contributed by atoms with Crippen LogP contribution >= 0.6 is 0 Å². The first-order valence-corrected chi connectivity index (χ1v) is 7.48. The van der Waals surface area contributed by atoms with Crippen LogP contribution in [0.4, 0.5) is 5.69 Å². The van der Waals surface area contributed by atoms with Crippen LogP contribution in [0, 0.1) is 70.6 Å². The number of carbonyl (C=O) groups excluding carboxylic acids is 1. The number of rotatable bonds is 5. The third kappa shape index (κ3) is 7.54. The molecule has 0 bridgehead atoms. The van der Waals surface area contributed by atoms with Crippen molar-refractivity contribution in [3.63, 3.8) is 0 Å². The number of hydrogen-bond donors (Lipinski definition) is 1. The first kappa shape index (κ1) is 20.3. The summed E-state index contributed by atoms with van der Waals surface area (Å²) < 4.78 is 0. The predicted molar refractivity (Wildman–Crippen MR) is 91.2 cm³/mol. The van der Waals surface area contributed by atoms with Gasteiger partial charge >= 0.3 is 17.1 Å². The van der Waals surface area contributed by atoms with Gasteiger partial charge in [0.25, 0.3) is 0 Å². The van der Waals surface area contributed by atoms with E-state index >= 15 is 0 Å². The molecule has 2 nitrogen and oxygen atoms in total. The van der Waals surface area contributed by atoms with E-state index < -0.39 is 0 Å². The predicted octanol–water partition coefficient (Wildman–Crippen LogP) is 3.79. The molecule has 23 heavy (non-hydrogen) atoms. The SMILES string of the molecule is Cc1ccccc1NCCC(=O)[C]1[CH][CH][CH][CH]1.[CH]1[CH][CH][CH][CH]1.[Fe+2]. The van der Waals surface area contributed by atoms with Crippen molar-refractivity contribution in [2.75, 3.05) is 11.9 Å². The van der Waals surface area contributed by atoms with Crippen LogP contribution in [0.5, 0.6) is 0 Å². The quantitative estimate of drug-likeness (QED) is 0.821. The number of benzene rings is 1. The summed E-state index contributed by atoms with van der Waals surface area (Å²) in [5.74, 6) is 0.993. The maximum atomic E-state index is 11.7. The molecule has 1 aromatic rings. The number of ketones is 1. The Labute approximate surface area is 152 Å². The molecular formula is C20H21FeNO+2. The van der Waals surface area contributed by atoms with E-state index in [4.69, 9.17) is 0 Å². The summed E-state index contributed by atoms with van der Waals surface area (Å²) in [5.41, 5.74) is 2.30. The zero-order valence-corrected chi connectivity index (χ0v) is 14.3. The van der Waals surface area contributed by atoms with Gasteiger partial charge in [-0.05, 0) is 76.3 Å². The number of hydrogen-bond acceptors (Lipinski definition) is 2. The number of nitrogens with one attached hydrogen (secondary N) is 1. The summed E-state index contributed by atoms with van der Waals surface area (Å²) >= 11 is 0. The van der Waals surface area contributed by atoms with Crippen molar-refractivity contribution in [2.24, 2.45) is 0 Å². The molecule has 2 fully saturated rings. The number of aryl methyl sites for hydroxylation is 1. The molecule has 0 heterocycles. The van der Waals surface area contributed by atoms with E-state index in [-0.39, 0.29) is 22.9 Å². The molecule has 0 atom stereocenters. The molecule has 0 amide bonds. The van der Waals surface area contributed by atoms with Crippen LogP contribution in [-0.4, -0.2) is 12.3 Å². The summed E-state index contributed by atoms with van der Waals surface area (Å²) in [7, 11) is 0. The molecular weight excluding hydrogens is 326 g/mol. The summed E-state index contributed by atoms with van der Waals surface area (Å²) in [6.45, 7) is 2.73. The molecule has 2 saturated carbocycles. The van der Waals surface area contributed by atoms with E-state index in [1.54, 1.807) is 0 Å². The number of para-hydroxylation sites is 1. The second-order valence-electron chi connectivity index (χ2n) is 5.05. The zero-order valence-electron chi connectivity index (χ0n) is 13.2. The minimum absolute atomic E-state index is 0. The molecule has 3 rings (SSSR count). The number of carbonyl (C=O) groups is 1. The molecule has 1 aromatic carbocycles. The number of anilines is 1. The monoisotopic (exact) mass is 347 g/mol. The van der Waals surface area contributed by atoms with Gasteiger partial charge in [0.05, 0.1) is 0 Å². The van der Waals surface area contributed by atoms with Gasteiger partial charge in [-0.3, -0.25) is 4.79 Å². The normalized spacial score (nSPS) is 17.1. The Balaban J connectivity index is 0.000000377. The summed E-state index contributed by atoms with van der Waals surface area (Å²) in [6, 6.07) is 8.09. The molecule has 0 aromatic heterocycles. The molecule has 0 aliphatic heterocycles. The van der Waals surface area contributed by atoms with Gasteiger partial charge in [-0.2, -0.15) is 0 Å². The van der Waals surface area contributed by atoms with Crippen molar-refractivity contribution < 1.29 is 21.9 Å². The van der Waals surface area contributed by atoms with Gasteiger partial charge in [0.15, 0.2) is 0 Å². The largest absolute Gasteiger partial charge is 2.00 e. The Bertz CT molecular complexity index is 443. The van der Waals surface area contributed by atoms with E-state index in [9.17, 15) is 4.79 Å². The Hall–Kier alpha value is -0.791. The van der Waals surface area contributed by atoms with Crippen LogP contribution in [0.3, 0.4) is 0 Å². The van der Waals surface area contributed by atoms with E-state index in [1.165, 1.54) is 5.56 Å². The van der Waals surface area contributed by atoms with Crippen LogP contribution in [0.25, 0.3) is 0 Å². The summed E-state index contributed by atoms with van der Waals surface area (Å²) in [6.07, 6.45) is 18.0. The van der Waals surface area contributed by atoms with Crippen molar-refractivity contribution in [3.8, 4) is 0 Å². The Morgan fingerprint density at radius 1 is 0.913 bits per heavy atom. The Kier molecular flexibility index (Phi) is 10.3. The topological polar surface area (TPSA) is 29.1 Å². The van der Waals surface area contributed by atoms with Gasteiger partial charge in [-0.1, -0.05) is 18.2 Å². The van der Waals surface area contributed by atoms with Crippen molar-refractivity contribution >= 4 is 11.5 Å². The summed E-state index contributed by atoms with van der Waals surface area (Å²) in [5, 5.41) is 3.28. The molecule has 2 aliphatic carbocycles. The Morgan fingerprint density at radius 3 is 2.04 bits per heavy atom. The molecule has 3 heteroatoms. The van der Waals surface area contributed by atoms with E-state index in [2.05, 4.69) is 18.3 Å².